The van der Waals surface area contributed by atoms with E-state index in [0.717, 1.165) is 5.92 Å². The Morgan fingerprint density at radius 2 is 1.00 bits per heavy atom. The second-order valence-electron chi connectivity index (χ2n) is 8.80. The van der Waals surface area contributed by atoms with Crippen LogP contribution in [0.15, 0.2) is 0 Å². The highest BCUT2D eigenvalue weighted by Crippen LogP contribution is 2.35. The molecule has 0 bridgehead atoms. The lowest BCUT2D eigenvalue weighted by Gasteiger charge is -2.38. The highest BCUT2D eigenvalue weighted by molar-refractivity contribution is 5.85. The second kappa shape index (κ2) is 17.7. The summed E-state index contributed by atoms with van der Waals surface area (Å²) in [5.41, 5.74) is 6.87. The average Bonchev–Trinajstić information content (AvgIpc) is 2.56. The molecule has 0 saturated carbocycles. The van der Waals surface area contributed by atoms with Crippen LogP contribution in [0.4, 0.5) is 0 Å². The third-order valence-electron chi connectivity index (χ3n) is 6.34. The molecule has 0 aromatic rings. The first-order valence-corrected chi connectivity index (χ1v) is 11.2. The van der Waals surface area contributed by atoms with Gasteiger partial charge in [0.1, 0.15) is 0 Å². The zero-order valence-electron chi connectivity index (χ0n) is 18.2. The van der Waals surface area contributed by atoms with Crippen molar-refractivity contribution in [2.24, 2.45) is 17.1 Å². The maximum absolute atomic E-state index is 6.58. The number of rotatable bonds is 17. The van der Waals surface area contributed by atoms with Crippen LogP contribution >= 0.6 is 12.4 Å². The molecule has 2 N–H and O–H groups in total. The van der Waals surface area contributed by atoms with E-state index in [1.165, 1.54) is 96.3 Å². The molecule has 0 radical (unpaired) electrons. The largest absolute Gasteiger partial charge is 0.327 e. The van der Waals surface area contributed by atoms with Gasteiger partial charge in [0.2, 0.25) is 0 Å². The molecular weight excluding hydrogens is 326 g/mol. The molecule has 2 unspecified atom stereocenters. The van der Waals surface area contributed by atoms with Crippen molar-refractivity contribution in [3.8, 4) is 0 Å². The van der Waals surface area contributed by atoms with Gasteiger partial charge in [0.15, 0.2) is 0 Å². The number of halogens is 1. The van der Waals surface area contributed by atoms with Crippen LogP contribution in [-0.2, 0) is 0 Å². The van der Waals surface area contributed by atoms with Gasteiger partial charge in [-0.05, 0) is 17.8 Å². The van der Waals surface area contributed by atoms with Gasteiger partial charge in [-0.25, -0.2) is 0 Å². The molecule has 154 valence electrons. The van der Waals surface area contributed by atoms with Crippen LogP contribution < -0.4 is 5.73 Å². The van der Waals surface area contributed by atoms with E-state index in [0.29, 0.717) is 6.04 Å². The van der Waals surface area contributed by atoms with E-state index >= 15 is 0 Å². The molecule has 0 aromatic carbocycles. The molecular formula is C23H50ClN. The quantitative estimate of drug-likeness (QED) is 0.254. The van der Waals surface area contributed by atoms with Crippen molar-refractivity contribution in [2.75, 3.05) is 0 Å². The highest BCUT2D eigenvalue weighted by Gasteiger charge is 2.31. The minimum atomic E-state index is 0. The van der Waals surface area contributed by atoms with E-state index in [-0.39, 0.29) is 17.8 Å². The first kappa shape index (κ1) is 27.5. The minimum absolute atomic E-state index is 0. The third-order valence-corrected chi connectivity index (χ3v) is 6.34. The summed E-state index contributed by atoms with van der Waals surface area (Å²) < 4.78 is 0. The summed E-state index contributed by atoms with van der Waals surface area (Å²) in [4.78, 5) is 0. The Balaban J connectivity index is 0. The molecule has 0 aliphatic rings. The van der Waals surface area contributed by atoms with Crippen LogP contribution in [0.2, 0.25) is 0 Å². The molecule has 1 nitrogen and oxygen atoms in total. The zero-order chi connectivity index (χ0) is 18.3. The molecule has 2 heteroatoms. The van der Waals surface area contributed by atoms with Gasteiger partial charge in [-0.15, -0.1) is 12.4 Å². The first-order chi connectivity index (χ1) is 11.5. The number of unbranched alkanes of at least 4 members (excludes halogenated alkanes) is 11. The molecule has 0 saturated heterocycles. The maximum atomic E-state index is 6.58. The number of nitrogens with two attached hydrogens (primary N) is 1. The standard InChI is InChI=1S/C23H49N.ClH/c1-6-8-10-12-14-16-18-20-22(24)23(4,5)21(3)19-17-15-13-11-9-7-2;/h21-22H,6-20,24H2,1-5H3;1H. The number of hydrogen-bond donors (Lipinski definition) is 1. The van der Waals surface area contributed by atoms with E-state index in [1.807, 2.05) is 0 Å². The average molecular weight is 376 g/mol. The van der Waals surface area contributed by atoms with Crippen molar-refractivity contribution < 1.29 is 0 Å². The minimum Gasteiger partial charge on any atom is -0.327 e. The molecule has 25 heavy (non-hydrogen) atoms. The van der Waals surface area contributed by atoms with Crippen molar-refractivity contribution >= 4 is 12.4 Å². The van der Waals surface area contributed by atoms with Crippen LogP contribution in [0.1, 0.15) is 131 Å². The summed E-state index contributed by atoms with van der Waals surface area (Å²) in [5, 5.41) is 0. The van der Waals surface area contributed by atoms with Crippen LogP contribution in [0, 0.1) is 11.3 Å². The lowest BCUT2D eigenvalue weighted by Crippen LogP contribution is -2.41. The van der Waals surface area contributed by atoms with E-state index in [9.17, 15) is 0 Å². The van der Waals surface area contributed by atoms with E-state index < -0.39 is 0 Å². The summed E-state index contributed by atoms with van der Waals surface area (Å²) in [7, 11) is 0. The fourth-order valence-corrected chi connectivity index (χ4v) is 3.66. The monoisotopic (exact) mass is 375 g/mol. The van der Waals surface area contributed by atoms with Gasteiger partial charge >= 0.3 is 0 Å². The molecule has 2 atom stereocenters. The summed E-state index contributed by atoms with van der Waals surface area (Å²) in [6, 6.07) is 0.364. The van der Waals surface area contributed by atoms with Crippen LogP contribution in [-0.4, -0.2) is 6.04 Å². The van der Waals surface area contributed by atoms with Crippen molar-refractivity contribution in [3.63, 3.8) is 0 Å². The van der Waals surface area contributed by atoms with Crippen LogP contribution in [0.25, 0.3) is 0 Å². The first-order valence-electron chi connectivity index (χ1n) is 11.2. The fraction of sp³-hybridized carbons (Fsp3) is 1.00. The smallest absolute Gasteiger partial charge is 0.00928 e. The molecule has 0 amide bonds. The second-order valence-corrected chi connectivity index (χ2v) is 8.80. The molecule has 0 aliphatic carbocycles. The highest BCUT2D eigenvalue weighted by atomic mass is 35.5. The fourth-order valence-electron chi connectivity index (χ4n) is 3.66. The summed E-state index contributed by atoms with van der Waals surface area (Å²) in [5.74, 6) is 0.739. The van der Waals surface area contributed by atoms with Crippen molar-refractivity contribution in [2.45, 2.75) is 137 Å². The zero-order valence-corrected chi connectivity index (χ0v) is 19.1. The Morgan fingerprint density at radius 3 is 1.44 bits per heavy atom. The van der Waals surface area contributed by atoms with Crippen molar-refractivity contribution in [1.82, 2.24) is 0 Å². The predicted octanol–water partition coefficient (Wildman–Crippen LogP) is 8.29. The molecule has 0 spiro atoms. The Kier molecular flexibility index (Phi) is 19.4. The van der Waals surface area contributed by atoms with Gasteiger partial charge < -0.3 is 5.73 Å². The Hall–Kier alpha value is 0.250. The van der Waals surface area contributed by atoms with E-state index in [2.05, 4.69) is 34.6 Å². The summed E-state index contributed by atoms with van der Waals surface area (Å²) in [6.45, 7) is 11.8. The van der Waals surface area contributed by atoms with Gasteiger partial charge in [-0.1, -0.05) is 125 Å². The molecule has 0 fully saturated rings. The summed E-state index contributed by atoms with van der Waals surface area (Å²) >= 11 is 0. The topological polar surface area (TPSA) is 26.0 Å². The molecule has 0 rings (SSSR count). The summed E-state index contributed by atoms with van der Waals surface area (Å²) in [6.07, 6.45) is 20.6. The van der Waals surface area contributed by atoms with Gasteiger partial charge in [0.05, 0.1) is 0 Å². The van der Waals surface area contributed by atoms with Gasteiger partial charge in [-0.2, -0.15) is 0 Å². The lowest BCUT2D eigenvalue weighted by molar-refractivity contribution is 0.158. The third kappa shape index (κ3) is 14.0. The van der Waals surface area contributed by atoms with Crippen LogP contribution in [0.5, 0.6) is 0 Å². The SMILES string of the molecule is CCCCCCCCCC(N)C(C)(C)C(C)CCCCCCCC.Cl. The Labute approximate surface area is 166 Å². The van der Waals surface area contributed by atoms with E-state index in [1.54, 1.807) is 0 Å². The van der Waals surface area contributed by atoms with Gasteiger partial charge in [0, 0.05) is 6.04 Å². The van der Waals surface area contributed by atoms with Crippen molar-refractivity contribution in [1.29, 1.82) is 0 Å². The Bertz CT molecular complexity index is 265. The Morgan fingerprint density at radius 1 is 0.640 bits per heavy atom. The molecule has 0 heterocycles. The number of hydrogen-bond acceptors (Lipinski definition) is 1. The normalized spacial score (nSPS) is 14.2. The van der Waals surface area contributed by atoms with Gasteiger partial charge in [0.25, 0.3) is 0 Å². The predicted molar refractivity (Wildman–Crippen MR) is 119 cm³/mol. The lowest BCUT2D eigenvalue weighted by atomic mass is 9.71. The molecule has 0 aromatic heterocycles. The maximum Gasteiger partial charge on any atom is 0.00928 e. The van der Waals surface area contributed by atoms with Crippen molar-refractivity contribution in [3.05, 3.63) is 0 Å². The van der Waals surface area contributed by atoms with Crippen LogP contribution in [0.3, 0.4) is 0 Å². The van der Waals surface area contributed by atoms with Gasteiger partial charge in [-0.3, -0.25) is 0 Å². The molecule has 0 aliphatic heterocycles. The van der Waals surface area contributed by atoms with E-state index in [4.69, 9.17) is 5.73 Å².